The number of methoxy groups -OCH3 is 1. The van der Waals surface area contributed by atoms with Crippen LogP contribution in [0, 0.1) is 0 Å². The van der Waals surface area contributed by atoms with E-state index in [1.165, 1.54) is 4.21 Å². The van der Waals surface area contributed by atoms with Crippen LogP contribution in [0.2, 0.25) is 0 Å². The van der Waals surface area contributed by atoms with Gasteiger partial charge < -0.3 is 9.84 Å². The molecule has 15 heavy (non-hydrogen) atoms. The molecule has 1 atom stereocenters. The molecule has 0 spiro atoms. The Kier molecular flexibility index (Phi) is 4.05. The first kappa shape index (κ1) is 11.4. The van der Waals surface area contributed by atoms with Crippen molar-refractivity contribution in [3.63, 3.8) is 0 Å². The Hall–Kier alpha value is -0.0700. The maximum atomic E-state index is 9.90. The molecule has 2 heterocycles. The van der Waals surface area contributed by atoms with Crippen LogP contribution in [-0.2, 0) is 4.74 Å². The summed E-state index contributed by atoms with van der Waals surface area (Å²) in [6.07, 6.45) is 0.687. The second kappa shape index (κ2) is 5.32. The largest absolute Gasteiger partial charge is 0.387 e. The molecular weight excluding hydrogens is 230 g/mol. The third-order valence-corrected chi connectivity index (χ3v) is 4.59. The van der Waals surface area contributed by atoms with Gasteiger partial charge in [0.1, 0.15) is 0 Å². The number of hydrogen-bond acceptors (Lipinski definition) is 5. The predicted molar refractivity (Wildman–Crippen MR) is 63.2 cm³/mol. The molecule has 1 aliphatic rings. The Balaban J connectivity index is 1.91. The summed E-state index contributed by atoms with van der Waals surface area (Å²) in [5.74, 6) is 0. The Morgan fingerprint density at radius 2 is 2.53 bits per heavy atom. The van der Waals surface area contributed by atoms with E-state index in [2.05, 4.69) is 4.31 Å². The molecule has 0 aliphatic carbocycles. The summed E-state index contributed by atoms with van der Waals surface area (Å²) in [5.41, 5.74) is 1.09. The molecule has 3 nitrogen and oxygen atoms in total. The fraction of sp³-hybridized carbons (Fsp3) is 0.600. The zero-order valence-corrected chi connectivity index (χ0v) is 10.3. The second-order valence-corrected chi connectivity index (χ2v) is 5.79. The molecule has 0 bridgehead atoms. The van der Waals surface area contributed by atoms with Crippen LogP contribution in [-0.4, -0.2) is 36.2 Å². The van der Waals surface area contributed by atoms with Gasteiger partial charge in [0.15, 0.2) is 0 Å². The van der Waals surface area contributed by atoms with Crippen LogP contribution < -0.4 is 0 Å². The molecule has 0 unspecified atom stereocenters. The highest BCUT2D eigenvalue weighted by Crippen LogP contribution is 2.40. The monoisotopic (exact) mass is 245 g/mol. The summed E-state index contributed by atoms with van der Waals surface area (Å²) in [6.45, 7) is 2.47. The van der Waals surface area contributed by atoms with Crippen LogP contribution in [0.3, 0.4) is 0 Å². The van der Waals surface area contributed by atoms with Crippen molar-refractivity contribution in [2.24, 2.45) is 0 Å². The highest BCUT2D eigenvalue weighted by Gasteiger charge is 2.24. The molecule has 1 N–H and O–H groups in total. The lowest BCUT2D eigenvalue weighted by Gasteiger charge is -2.28. The van der Waals surface area contributed by atoms with Gasteiger partial charge in [0.2, 0.25) is 0 Å². The van der Waals surface area contributed by atoms with Crippen molar-refractivity contribution in [3.05, 3.63) is 17.0 Å². The molecule has 0 saturated heterocycles. The summed E-state index contributed by atoms with van der Waals surface area (Å²) < 4.78 is 8.46. The highest BCUT2D eigenvalue weighted by atomic mass is 32.2. The molecular formula is C10H15NO2S2. The summed E-state index contributed by atoms with van der Waals surface area (Å²) in [6, 6.07) is 2.02. The van der Waals surface area contributed by atoms with E-state index in [0.717, 1.165) is 31.7 Å². The number of thiophene rings is 1. The van der Waals surface area contributed by atoms with Crippen LogP contribution in [0.1, 0.15) is 18.1 Å². The Labute approximate surface area is 98.2 Å². The molecule has 2 rings (SSSR count). The molecule has 5 heteroatoms. The van der Waals surface area contributed by atoms with Gasteiger partial charge in [-0.15, -0.1) is 11.3 Å². The van der Waals surface area contributed by atoms with Crippen LogP contribution >= 0.6 is 23.3 Å². The van der Waals surface area contributed by atoms with Crippen LogP contribution in [0.25, 0.3) is 0 Å². The maximum Gasteiger partial charge on any atom is 0.0945 e. The number of aliphatic hydroxyl groups is 1. The normalized spacial score (nSPS) is 21.6. The Morgan fingerprint density at radius 3 is 3.33 bits per heavy atom. The number of fused-ring (bicyclic) bond motifs is 1. The standard InChI is InChI=1S/C10H15NO2S2/c1-13-5-2-4-11-7-9(12)8-3-6-14-10(8)15-11/h3,6,9,12H,2,4-5,7H2,1H3/t9-/m1/s1. The van der Waals surface area contributed by atoms with Crippen molar-refractivity contribution in [1.29, 1.82) is 0 Å². The van der Waals surface area contributed by atoms with E-state index in [0.29, 0.717) is 0 Å². The van der Waals surface area contributed by atoms with E-state index < -0.39 is 0 Å². The second-order valence-electron chi connectivity index (χ2n) is 3.50. The molecule has 0 amide bonds. The van der Waals surface area contributed by atoms with E-state index in [4.69, 9.17) is 4.74 Å². The van der Waals surface area contributed by atoms with Gasteiger partial charge in [-0.05, 0) is 29.8 Å². The van der Waals surface area contributed by atoms with Crippen LogP contribution in [0.15, 0.2) is 15.7 Å². The maximum absolute atomic E-state index is 9.90. The first-order valence-electron chi connectivity index (χ1n) is 4.98. The van der Waals surface area contributed by atoms with E-state index >= 15 is 0 Å². The number of rotatable bonds is 4. The van der Waals surface area contributed by atoms with Crippen molar-refractivity contribution < 1.29 is 9.84 Å². The van der Waals surface area contributed by atoms with Gasteiger partial charge in [-0.3, -0.25) is 0 Å². The number of ether oxygens (including phenoxy) is 1. The van der Waals surface area contributed by atoms with Gasteiger partial charge in [0.25, 0.3) is 0 Å². The Bertz CT molecular complexity index is 316. The van der Waals surface area contributed by atoms with Gasteiger partial charge in [0.05, 0.1) is 10.3 Å². The van der Waals surface area contributed by atoms with E-state index in [1.54, 1.807) is 30.4 Å². The van der Waals surface area contributed by atoms with E-state index in [9.17, 15) is 5.11 Å². The summed E-state index contributed by atoms with van der Waals surface area (Å²) in [7, 11) is 1.72. The molecule has 0 radical (unpaired) electrons. The zero-order valence-electron chi connectivity index (χ0n) is 8.68. The SMILES string of the molecule is COCCCN1C[C@@H](O)c2ccsc2S1. The quantitative estimate of drug-likeness (QED) is 0.651. The third-order valence-electron chi connectivity index (χ3n) is 2.36. The van der Waals surface area contributed by atoms with Crippen molar-refractivity contribution >= 4 is 23.3 Å². The predicted octanol–water partition coefficient (Wildman–Crippen LogP) is 2.14. The minimum atomic E-state index is -0.324. The molecule has 84 valence electrons. The third kappa shape index (κ3) is 2.73. The summed E-state index contributed by atoms with van der Waals surface area (Å²) in [4.78, 5) is 0. The first-order valence-corrected chi connectivity index (χ1v) is 6.64. The molecule has 0 aromatic carbocycles. The fourth-order valence-corrected chi connectivity index (χ4v) is 3.91. The first-order chi connectivity index (χ1) is 7.31. The lowest BCUT2D eigenvalue weighted by Crippen LogP contribution is -2.27. The molecule has 1 aromatic heterocycles. The van der Waals surface area contributed by atoms with Crippen molar-refractivity contribution in [1.82, 2.24) is 4.31 Å². The van der Waals surface area contributed by atoms with Crippen LogP contribution in [0.4, 0.5) is 0 Å². The highest BCUT2D eigenvalue weighted by molar-refractivity contribution is 7.99. The fourth-order valence-electron chi connectivity index (χ4n) is 1.59. The number of nitrogens with zero attached hydrogens (tertiary/aromatic N) is 1. The minimum absolute atomic E-state index is 0.324. The minimum Gasteiger partial charge on any atom is -0.387 e. The Morgan fingerprint density at radius 1 is 1.67 bits per heavy atom. The smallest absolute Gasteiger partial charge is 0.0945 e. The van der Waals surface area contributed by atoms with Gasteiger partial charge in [-0.2, -0.15) is 0 Å². The molecule has 0 saturated carbocycles. The average molecular weight is 245 g/mol. The van der Waals surface area contributed by atoms with Crippen LogP contribution in [0.5, 0.6) is 0 Å². The van der Waals surface area contributed by atoms with Gasteiger partial charge >= 0.3 is 0 Å². The van der Waals surface area contributed by atoms with E-state index in [1.807, 2.05) is 11.4 Å². The summed E-state index contributed by atoms with van der Waals surface area (Å²) in [5, 5.41) is 11.9. The van der Waals surface area contributed by atoms with Crippen molar-refractivity contribution in [2.75, 3.05) is 26.8 Å². The topological polar surface area (TPSA) is 32.7 Å². The molecule has 0 fully saturated rings. The van der Waals surface area contributed by atoms with Gasteiger partial charge in [-0.25, -0.2) is 4.31 Å². The lowest BCUT2D eigenvalue weighted by atomic mass is 10.2. The van der Waals surface area contributed by atoms with Gasteiger partial charge in [0, 0.05) is 32.4 Å². The zero-order chi connectivity index (χ0) is 10.7. The van der Waals surface area contributed by atoms with Gasteiger partial charge in [-0.1, -0.05) is 0 Å². The number of aliphatic hydroxyl groups excluding tert-OH is 1. The summed E-state index contributed by atoms with van der Waals surface area (Å²) >= 11 is 3.46. The average Bonchev–Trinajstić information content (AvgIpc) is 2.66. The number of hydrogen-bond donors (Lipinski definition) is 1. The van der Waals surface area contributed by atoms with E-state index in [-0.39, 0.29) is 6.10 Å². The van der Waals surface area contributed by atoms with Crippen molar-refractivity contribution in [3.8, 4) is 0 Å². The molecule has 1 aromatic rings. The number of β-amino-alcohol motifs (C(OH)–C–C–N with tert-alkyl or cyclic N) is 1. The lowest BCUT2D eigenvalue weighted by molar-refractivity contribution is 0.137. The molecule has 1 aliphatic heterocycles. The van der Waals surface area contributed by atoms with Crippen molar-refractivity contribution in [2.45, 2.75) is 16.7 Å².